The summed E-state index contributed by atoms with van der Waals surface area (Å²) in [6.07, 6.45) is 2.85. The summed E-state index contributed by atoms with van der Waals surface area (Å²) in [7, 11) is -3.69. The van der Waals surface area contributed by atoms with Gasteiger partial charge in [0.2, 0.25) is 10.0 Å². The first-order chi connectivity index (χ1) is 11.0. The zero-order valence-electron chi connectivity index (χ0n) is 12.7. The van der Waals surface area contributed by atoms with Crippen molar-refractivity contribution < 1.29 is 8.42 Å². The molecular weight excluding hydrogens is 314 g/mol. The van der Waals surface area contributed by atoms with E-state index in [-0.39, 0.29) is 16.5 Å². The molecule has 0 unspecified atom stereocenters. The highest BCUT2D eigenvalue weighted by Gasteiger charge is 2.32. The summed E-state index contributed by atoms with van der Waals surface area (Å²) in [5.41, 5.74) is 1.93. The van der Waals surface area contributed by atoms with E-state index in [2.05, 4.69) is 15.2 Å². The van der Waals surface area contributed by atoms with Gasteiger partial charge in [-0.25, -0.2) is 13.4 Å². The SMILES string of the molecule is Cc1cc(C2CCN(S(=O)(=O)c3cccnc3C#N)CC2)n[nH]1. The molecule has 1 saturated heterocycles. The highest BCUT2D eigenvalue weighted by Crippen LogP contribution is 2.30. The molecule has 2 aromatic heterocycles. The van der Waals surface area contributed by atoms with Crippen molar-refractivity contribution in [1.82, 2.24) is 19.5 Å². The second-order valence-corrected chi connectivity index (χ2v) is 7.52. The third kappa shape index (κ3) is 2.98. The summed E-state index contributed by atoms with van der Waals surface area (Å²) in [6, 6.07) is 6.82. The van der Waals surface area contributed by atoms with Gasteiger partial charge in [-0.2, -0.15) is 14.7 Å². The van der Waals surface area contributed by atoms with Gasteiger partial charge in [0.25, 0.3) is 0 Å². The van der Waals surface area contributed by atoms with Gasteiger partial charge in [0, 0.05) is 30.9 Å². The van der Waals surface area contributed by atoms with Crippen LogP contribution in [-0.2, 0) is 10.0 Å². The lowest BCUT2D eigenvalue weighted by atomic mass is 9.95. The predicted molar refractivity (Wildman–Crippen MR) is 83.0 cm³/mol. The van der Waals surface area contributed by atoms with Gasteiger partial charge in [0.1, 0.15) is 11.0 Å². The van der Waals surface area contributed by atoms with Crippen molar-refractivity contribution in [2.24, 2.45) is 0 Å². The fourth-order valence-corrected chi connectivity index (χ4v) is 4.42. The summed E-state index contributed by atoms with van der Waals surface area (Å²) in [5.74, 6) is 0.260. The minimum atomic E-state index is -3.69. The molecule has 0 atom stereocenters. The van der Waals surface area contributed by atoms with E-state index in [1.54, 1.807) is 0 Å². The van der Waals surface area contributed by atoms with Crippen LogP contribution >= 0.6 is 0 Å². The minimum Gasteiger partial charge on any atom is -0.283 e. The Bertz CT molecular complexity index is 845. The van der Waals surface area contributed by atoms with Crippen LogP contribution in [0.5, 0.6) is 0 Å². The number of nitrogens with zero attached hydrogens (tertiary/aromatic N) is 4. The van der Waals surface area contributed by atoms with E-state index in [4.69, 9.17) is 5.26 Å². The van der Waals surface area contributed by atoms with Gasteiger partial charge in [-0.3, -0.25) is 5.10 Å². The van der Waals surface area contributed by atoms with Gasteiger partial charge in [-0.1, -0.05) is 0 Å². The Labute approximate surface area is 135 Å². The van der Waals surface area contributed by atoms with Crippen molar-refractivity contribution in [3.63, 3.8) is 0 Å². The number of hydrogen-bond acceptors (Lipinski definition) is 5. The van der Waals surface area contributed by atoms with Crippen molar-refractivity contribution in [2.75, 3.05) is 13.1 Å². The summed E-state index contributed by atoms with van der Waals surface area (Å²) < 4.78 is 26.9. The molecule has 0 aromatic carbocycles. The quantitative estimate of drug-likeness (QED) is 0.919. The van der Waals surface area contributed by atoms with E-state index in [0.29, 0.717) is 25.9 Å². The van der Waals surface area contributed by atoms with Crippen LogP contribution in [0.15, 0.2) is 29.3 Å². The fourth-order valence-electron chi connectivity index (χ4n) is 2.86. The third-order valence-electron chi connectivity index (χ3n) is 4.09. The maximum absolute atomic E-state index is 12.7. The average Bonchev–Trinajstić information content (AvgIpc) is 3.01. The molecule has 0 aliphatic carbocycles. The Morgan fingerprint density at radius 2 is 2.13 bits per heavy atom. The van der Waals surface area contributed by atoms with Crippen molar-refractivity contribution >= 4 is 10.0 Å². The molecule has 0 radical (unpaired) electrons. The maximum atomic E-state index is 12.7. The van der Waals surface area contributed by atoms with E-state index in [1.807, 2.05) is 19.1 Å². The molecule has 120 valence electrons. The fraction of sp³-hybridized carbons (Fsp3) is 0.400. The predicted octanol–water partition coefficient (Wildman–Crippen LogP) is 1.55. The van der Waals surface area contributed by atoms with Gasteiger partial charge in [0.05, 0.1) is 5.69 Å². The third-order valence-corrected chi connectivity index (χ3v) is 6.02. The van der Waals surface area contributed by atoms with Gasteiger partial charge >= 0.3 is 0 Å². The number of piperidine rings is 1. The summed E-state index contributed by atoms with van der Waals surface area (Å²) in [5, 5.41) is 16.3. The molecule has 1 N–H and O–H groups in total. The lowest BCUT2D eigenvalue weighted by molar-refractivity contribution is 0.316. The number of H-pyrrole nitrogens is 1. The van der Waals surface area contributed by atoms with Crippen molar-refractivity contribution in [3.05, 3.63) is 41.5 Å². The van der Waals surface area contributed by atoms with Crippen molar-refractivity contribution in [1.29, 1.82) is 5.26 Å². The van der Waals surface area contributed by atoms with Crippen LogP contribution in [0.4, 0.5) is 0 Å². The number of aryl methyl sites for hydroxylation is 1. The maximum Gasteiger partial charge on any atom is 0.245 e. The molecule has 0 amide bonds. The summed E-state index contributed by atoms with van der Waals surface area (Å²) >= 11 is 0. The Kier molecular flexibility index (Phi) is 4.15. The number of nitrogens with one attached hydrogen (secondary N) is 1. The number of aromatic amines is 1. The van der Waals surface area contributed by atoms with Gasteiger partial charge in [-0.15, -0.1) is 0 Å². The van der Waals surface area contributed by atoms with E-state index in [1.165, 1.54) is 22.6 Å². The average molecular weight is 331 g/mol. The van der Waals surface area contributed by atoms with Crippen LogP contribution in [0.25, 0.3) is 0 Å². The van der Waals surface area contributed by atoms with Crippen molar-refractivity contribution in [3.8, 4) is 6.07 Å². The Morgan fingerprint density at radius 3 is 2.74 bits per heavy atom. The standard InChI is InChI=1S/C15H17N5O2S/c1-11-9-13(19-18-11)12-4-7-20(8-5-12)23(21,22)15-3-2-6-17-14(15)10-16/h2-3,6,9,12H,4-5,7-8H2,1H3,(H,18,19). The smallest absolute Gasteiger partial charge is 0.245 e. The Balaban J connectivity index is 1.78. The normalized spacial score (nSPS) is 17.0. The number of hydrogen-bond donors (Lipinski definition) is 1. The molecule has 3 rings (SSSR count). The molecule has 1 fully saturated rings. The zero-order valence-corrected chi connectivity index (χ0v) is 13.5. The van der Waals surface area contributed by atoms with Crippen LogP contribution in [-0.4, -0.2) is 41.0 Å². The molecule has 0 spiro atoms. The van der Waals surface area contributed by atoms with Crippen LogP contribution in [0, 0.1) is 18.3 Å². The van der Waals surface area contributed by atoms with Crippen LogP contribution in [0.3, 0.4) is 0 Å². The molecule has 3 heterocycles. The number of nitriles is 1. The van der Waals surface area contributed by atoms with E-state index in [0.717, 1.165) is 11.4 Å². The molecule has 1 aliphatic heterocycles. The highest BCUT2D eigenvalue weighted by molar-refractivity contribution is 7.89. The zero-order chi connectivity index (χ0) is 16.4. The highest BCUT2D eigenvalue weighted by atomic mass is 32.2. The molecule has 2 aromatic rings. The first-order valence-corrected chi connectivity index (χ1v) is 8.83. The molecule has 8 heteroatoms. The lowest BCUT2D eigenvalue weighted by Crippen LogP contribution is -2.38. The van der Waals surface area contributed by atoms with Gasteiger partial charge < -0.3 is 0 Å². The van der Waals surface area contributed by atoms with E-state index in [9.17, 15) is 8.42 Å². The van der Waals surface area contributed by atoms with Crippen LogP contribution in [0.1, 0.15) is 35.8 Å². The van der Waals surface area contributed by atoms with E-state index < -0.39 is 10.0 Å². The molecule has 23 heavy (non-hydrogen) atoms. The number of rotatable bonds is 3. The number of pyridine rings is 1. The van der Waals surface area contributed by atoms with Gasteiger partial charge in [0.15, 0.2) is 5.69 Å². The van der Waals surface area contributed by atoms with E-state index >= 15 is 0 Å². The van der Waals surface area contributed by atoms with Gasteiger partial charge in [-0.05, 0) is 38.0 Å². The second-order valence-electron chi connectivity index (χ2n) is 5.62. The molecule has 0 saturated carbocycles. The van der Waals surface area contributed by atoms with Crippen LogP contribution < -0.4 is 0 Å². The Morgan fingerprint density at radius 1 is 1.39 bits per heavy atom. The topological polar surface area (TPSA) is 103 Å². The summed E-state index contributed by atoms with van der Waals surface area (Å²) in [6.45, 7) is 2.78. The lowest BCUT2D eigenvalue weighted by Gasteiger charge is -2.30. The largest absolute Gasteiger partial charge is 0.283 e. The molecule has 0 bridgehead atoms. The molecular formula is C15H17N5O2S. The van der Waals surface area contributed by atoms with Crippen molar-refractivity contribution in [2.45, 2.75) is 30.6 Å². The summed E-state index contributed by atoms with van der Waals surface area (Å²) in [4.78, 5) is 3.83. The number of aromatic nitrogens is 3. The van der Waals surface area contributed by atoms with Crippen LogP contribution in [0.2, 0.25) is 0 Å². The molecule has 1 aliphatic rings. The number of sulfonamides is 1. The second kappa shape index (κ2) is 6.10. The first kappa shape index (κ1) is 15.6. The monoisotopic (exact) mass is 331 g/mol. The minimum absolute atomic E-state index is 0.0171. The molecule has 7 nitrogen and oxygen atoms in total. The Hall–Kier alpha value is -2.24. The first-order valence-electron chi connectivity index (χ1n) is 7.39.